The lowest BCUT2D eigenvalue weighted by molar-refractivity contribution is -0.143. The lowest BCUT2D eigenvalue weighted by atomic mass is 9.70. The number of carboxylic acid groups (broad SMARTS) is 1. The number of ether oxygens (including phenoxy) is 1. The average Bonchev–Trinajstić information content (AvgIpc) is 2.34. The second kappa shape index (κ2) is 6.30. The quantitative estimate of drug-likeness (QED) is 0.831. The number of rotatable bonds is 3. The average molecular weight is 328 g/mol. The Balaban J connectivity index is 3.12. The van der Waals surface area contributed by atoms with Crippen LogP contribution in [0.5, 0.6) is 0 Å². The molecule has 1 saturated heterocycles. The van der Waals surface area contributed by atoms with Gasteiger partial charge in [0.15, 0.2) is 0 Å². The summed E-state index contributed by atoms with van der Waals surface area (Å²) >= 11 is 0. The van der Waals surface area contributed by atoms with Crippen LogP contribution in [0.1, 0.15) is 61.3 Å². The van der Waals surface area contributed by atoms with Gasteiger partial charge in [0.1, 0.15) is 11.6 Å². The van der Waals surface area contributed by atoms with Crippen LogP contribution in [0.25, 0.3) is 0 Å². The monoisotopic (exact) mass is 328 g/mol. The van der Waals surface area contributed by atoms with Crippen LogP contribution >= 0.6 is 0 Å². The Bertz CT molecular complexity index is 466. The number of hydrogen-bond acceptors (Lipinski definition) is 4. The highest BCUT2D eigenvalue weighted by atomic mass is 16.6. The zero-order valence-electron chi connectivity index (χ0n) is 15.5. The number of carbonyl (C=O) groups excluding carboxylic acids is 1. The van der Waals surface area contributed by atoms with Crippen LogP contribution in [0, 0.1) is 10.8 Å². The zero-order chi connectivity index (χ0) is 18.2. The van der Waals surface area contributed by atoms with Gasteiger partial charge in [-0.15, -0.1) is 0 Å². The van der Waals surface area contributed by atoms with Gasteiger partial charge in [-0.1, -0.05) is 27.7 Å². The Morgan fingerprint density at radius 1 is 1.26 bits per heavy atom. The van der Waals surface area contributed by atoms with Crippen molar-refractivity contribution in [1.82, 2.24) is 4.90 Å². The molecule has 3 N–H and O–H groups in total. The molecule has 0 saturated carbocycles. The van der Waals surface area contributed by atoms with E-state index in [1.807, 2.05) is 34.6 Å². The Hall–Kier alpha value is -1.30. The van der Waals surface area contributed by atoms with Crippen molar-refractivity contribution < 1.29 is 19.4 Å². The highest BCUT2D eigenvalue weighted by Gasteiger charge is 2.48. The number of carbonyl (C=O) groups is 2. The Kier molecular flexibility index (Phi) is 5.41. The fraction of sp³-hybridized carbons (Fsp3) is 0.882. The van der Waals surface area contributed by atoms with Gasteiger partial charge in [-0.05, 0) is 39.0 Å². The van der Waals surface area contributed by atoms with Crippen molar-refractivity contribution in [3.05, 3.63) is 0 Å². The van der Waals surface area contributed by atoms with E-state index < -0.39 is 29.1 Å². The Morgan fingerprint density at radius 3 is 2.22 bits per heavy atom. The van der Waals surface area contributed by atoms with Crippen molar-refractivity contribution in [3.8, 4) is 0 Å². The van der Waals surface area contributed by atoms with Crippen LogP contribution in [-0.2, 0) is 9.53 Å². The third-order valence-corrected chi connectivity index (χ3v) is 4.62. The van der Waals surface area contributed by atoms with E-state index in [2.05, 4.69) is 13.8 Å². The fourth-order valence-corrected chi connectivity index (χ4v) is 3.15. The van der Waals surface area contributed by atoms with Crippen LogP contribution < -0.4 is 5.73 Å². The van der Waals surface area contributed by atoms with Gasteiger partial charge in [0.25, 0.3) is 0 Å². The molecule has 0 radical (unpaired) electrons. The first kappa shape index (κ1) is 19.7. The first-order valence-electron chi connectivity index (χ1n) is 8.15. The molecular weight excluding hydrogens is 296 g/mol. The summed E-state index contributed by atoms with van der Waals surface area (Å²) in [7, 11) is 0. The van der Waals surface area contributed by atoms with Crippen molar-refractivity contribution in [2.24, 2.45) is 16.6 Å². The molecular formula is C17H32N2O4. The molecule has 1 rings (SSSR count). The summed E-state index contributed by atoms with van der Waals surface area (Å²) < 4.78 is 5.53. The lowest BCUT2D eigenvalue weighted by Gasteiger charge is -2.50. The van der Waals surface area contributed by atoms with Crippen molar-refractivity contribution in [1.29, 1.82) is 0 Å². The molecule has 1 aliphatic rings. The molecule has 1 aliphatic heterocycles. The predicted octanol–water partition coefficient (Wildman–Crippen LogP) is 2.85. The van der Waals surface area contributed by atoms with E-state index in [4.69, 9.17) is 10.5 Å². The third kappa shape index (κ3) is 4.83. The normalized spacial score (nSPS) is 23.3. The van der Waals surface area contributed by atoms with E-state index >= 15 is 0 Å². The smallest absolute Gasteiger partial charge is 0.410 e. The second-order valence-corrected chi connectivity index (χ2v) is 8.96. The first-order valence-corrected chi connectivity index (χ1v) is 8.15. The van der Waals surface area contributed by atoms with E-state index in [1.54, 1.807) is 4.90 Å². The maximum Gasteiger partial charge on any atom is 0.410 e. The Morgan fingerprint density at radius 2 is 1.78 bits per heavy atom. The fourth-order valence-electron chi connectivity index (χ4n) is 3.15. The summed E-state index contributed by atoms with van der Waals surface area (Å²) in [6, 6.07) is -1.31. The summed E-state index contributed by atoms with van der Waals surface area (Å²) in [6.07, 6.45) is 1.22. The minimum atomic E-state index is -1.05. The van der Waals surface area contributed by atoms with Gasteiger partial charge >= 0.3 is 12.1 Å². The highest BCUT2D eigenvalue weighted by Crippen LogP contribution is 2.41. The Labute approximate surface area is 139 Å². The van der Waals surface area contributed by atoms with Crippen LogP contribution in [-0.4, -0.2) is 46.3 Å². The van der Waals surface area contributed by atoms with E-state index in [9.17, 15) is 14.7 Å². The topological polar surface area (TPSA) is 92.9 Å². The van der Waals surface area contributed by atoms with Crippen molar-refractivity contribution in [3.63, 3.8) is 0 Å². The van der Waals surface area contributed by atoms with Gasteiger partial charge < -0.3 is 20.5 Å². The molecule has 0 aromatic rings. The van der Waals surface area contributed by atoms with Gasteiger partial charge in [0, 0.05) is 18.0 Å². The van der Waals surface area contributed by atoms with E-state index in [-0.39, 0.29) is 11.5 Å². The molecule has 2 unspecified atom stereocenters. The van der Waals surface area contributed by atoms with Gasteiger partial charge in [-0.25, -0.2) is 4.79 Å². The minimum Gasteiger partial charge on any atom is -0.480 e. The number of nitrogens with two attached hydrogens (primary N) is 1. The SMILES string of the molecule is CC1(C)CCC(C(C)(C)C(N)C(=O)O)N(C(=O)OC(C)(C)C)C1. The molecule has 0 spiro atoms. The zero-order valence-corrected chi connectivity index (χ0v) is 15.5. The van der Waals surface area contributed by atoms with Crippen molar-refractivity contribution in [2.45, 2.75) is 79.0 Å². The van der Waals surface area contributed by atoms with E-state index in [1.165, 1.54) is 0 Å². The molecule has 6 nitrogen and oxygen atoms in total. The van der Waals surface area contributed by atoms with E-state index in [0.717, 1.165) is 6.42 Å². The van der Waals surface area contributed by atoms with Gasteiger partial charge in [0.05, 0.1) is 0 Å². The van der Waals surface area contributed by atoms with Crippen molar-refractivity contribution in [2.75, 3.05) is 6.54 Å². The summed E-state index contributed by atoms with van der Waals surface area (Å²) in [5.41, 5.74) is 4.53. The molecule has 0 aromatic carbocycles. The molecule has 0 aromatic heterocycles. The number of nitrogens with zero attached hydrogens (tertiary/aromatic N) is 1. The molecule has 134 valence electrons. The molecule has 2 atom stereocenters. The third-order valence-electron chi connectivity index (χ3n) is 4.62. The van der Waals surface area contributed by atoms with Crippen LogP contribution in [0.15, 0.2) is 0 Å². The van der Waals surface area contributed by atoms with E-state index in [0.29, 0.717) is 13.0 Å². The molecule has 1 heterocycles. The number of likely N-dealkylation sites (tertiary alicyclic amines) is 1. The van der Waals surface area contributed by atoms with Gasteiger partial charge in [-0.3, -0.25) is 4.79 Å². The molecule has 23 heavy (non-hydrogen) atoms. The maximum absolute atomic E-state index is 12.7. The van der Waals surface area contributed by atoms with Crippen molar-refractivity contribution >= 4 is 12.1 Å². The summed E-state index contributed by atoms with van der Waals surface area (Å²) in [5.74, 6) is -1.05. The number of amides is 1. The maximum atomic E-state index is 12.7. The molecule has 6 heteroatoms. The molecule has 1 amide bonds. The summed E-state index contributed by atoms with van der Waals surface area (Å²) in [4.78, 5) is 25.7. The lowest BCUT2D eigenvalue weighted by Crippen LogP contribution is -2.61. The number of aliphatic carboxylic acids is 1. The number of hydrogen-bond donors (Lipinski definition) is 2. The van der Waals surface area contributed by atoms with Crippen LogP contribution in [0.2, 0.25) is 0 Å². The minimum absolute atomic E-state index is 0.0309. The van der Waals surface area contributed by atoms with Crippen LogP contribution in [0.4, 0.5) is 4.79 Å². The first-order chi connectivity index (χ1) is 10.2. The number of carboxylic acids is 1. The summed E-state index contributed by atoms with van der Waals surface area (Å²) in [5, 5.41) is 9.30. The van der Waals surface area contributed by atoms with Gasteiger partial charge in [0.2, 0.25) is 0 Å². The highest BCUT2D eigenvalue weighted by molar-refractivity contribution is 5.75. The predicted molar refractivity (Wildman–Crippen MR) is 89.1 cm³/mol. The van der Waals surface area contributed by atoms with Gasteiger partial charge in [-0.2, -0.15) is 0 Å². The molecule has 1 fully saturated rings. The van der Waals surface area contributed by atoms with Crippen LogP contribution in [0.3, 0.4) is 0 Å². The standard InChI is InChI=1S/C17H32N2O4/c1-15(2,3)23-14(22)19-10-16(4,5)9-8-11(19)17(6,7)12(18)13(20)21/h11-12H,8-10,18H2,1-7H3,(H,20,21). The molecule has 0 bridgehead atoms. The molecule has 0 aliphatic carbocycles. The summed E-state index contributed by atoms with van der Waals surface area (Å²) in [6.45, 7) is 13.8. The number of piperidine rings is 1. The second-order valence-electron chi connectivity index (χ2n) is 8.96. The largest absolute Gasteiger partial charge is 0.480 e.